The van der Waals surface area contributed by atoms with Crippen molar-refractivity contribution >= 4 is 30.0 Å². The van der Waals surface area contributed by atoms with E-state index in [4.69, 9.17) is 0 Å². The average molecular weight is 408 g/mol. The number of likely N-dealkylation sites (N-methyl/N-ethyl adjacent to an activating group) is 1. The molecule has 0 unspecified atom stereocenters. The maximum absolute atomic E-state index is 12.1. The van der Waals surface area contributed by atoms with Crippen molar-refractivity contribution in [3.63, 3.8) is 0 Å². The van der Waals surface area contributed by atoms with E-state index in [1.54, 1.807) is 17.9 Å². The number of carbonyl (C=O) groups is 2. The third-order valence-corrected chi connectivity index (χ3v) is 4.67. The molecule has 1 aromatic heterocycles. The number of rotatable bonds is 5. The molecule has 4 N–H and O–H groups in total. The summed E-state index contributed by atoms with van der Waals surface area (Å²) >= 11 is 0. The maximum Gasteiger partial charge on any atom is 0.319 e. The first-order valence-electron chi connectivity index (χ1n) is 8.94. The van der Waals surface area contributed by atoms with E-state index in [9.17, 15) is 9.59 Å². The van der Waals surface area contributed by atoms with Crippen molar-refractivity contribution in [1.29, 1.82) is 0 Å². The van der Waals surface area contributed by atoms with Crippen LogP contribution in [0.1, 0.15) is 29.3 Å². The van der Waals surface area contributed by atoms with Gasteiger partial charge in [0.15, 0.2) is 0 Å². The SMILES string of the molecule is CNC(=O)[C@@H]1C[C@H](n2cc(CNC(=O)Nc3cc(C)ccc3C)nn2)CN1.Cl. The third kappa shape index (κ3) is 5.20. The van der Waals surface area contributed by atoms with Crippen LogP contribution in [0, 0.1) is 13.8 Å². The second-order valence-electron chi connectivity index (χ2n) is 6.78. The van der Waals surface area contributed by atoms with Gasteiger partial charge in [0.05, 0.1) is 24.8 Å². The molecule has 2 atom stereocenters. The minimum atomic E-state index is -0.291. The lowest BCUT2D eigenvalue weighted by atomic mass is 10.1. The molecule has 1 aliphatic rings. The van der Waals surface area contributed by atoms with Gasteiger partial charge in [-0.25, -0.2) is 9.48 Å². The zero-order valence-electron chi connectivity index (χ0n) is 16.2. The van der Waals surface area contributed by atoms with E-state index in [0.29, 0.717) is 18.7 Å². The van der Waals surface area contributed by atoms with E-state index in [0.717, 1.165) is 16.8 Å². The molecule has 0 radical (unpaired) electrons. The minimum absolute atomic E-state index is 0. The topological polar surface area (TPSA) is 113 Å². The summed E-state index contributed by atoms with van der Waals surface area (Å²) in [6.45, 7) is 4.85. The van der Waals surface area contributed by atoms with Crippen LogP contribution >= 0.6 is 12.4 Å². The van der Waals surface area contributed by atoms with Crippen molar-refractivity contribution in [1.82, 2.24) is 30.9 Å². The number of hydrogen-bond donors (Lipinski definition) is 4. The summed E-state index contributed by atoms with van der Waals surface area (Å²) in [5, 5.41) is 19.7. The van der Waals surface area contributed by atoms with Gasteiger partial charge in [-0.2, -0.15) is 0 Å². The molecule has 3 rings (SSSR count). The molecule has 9 nitrogen and oxygen atoms in total. The van der Waals surface area contributed by atoms with Crippen LogP contribution in [0.5, 0.6) is 0 Å². The first kappa shape index (κ1) is 21.6. The summed E-state index contributed by atoms with van der Waals surface area (Å²) in [5.74, 6) is -0.0254. The summed E-state index contributed by atoms with van der Waals surface area (Å²) < 4.78 is 1.75. The second-order valence-corrected chi connectivity index (χ2v) is 6.78. The van der Waals surface area contributed by atoms with Crippen LogP contribution in [-0.4, -0.2) is 46.6 Å². The van der Waals surface area contributed by atoms with Gasteiger partial charge in [0.25, 0.3) is 0 Å². The van der Waals surface area contributed by atoms with Gasteiger partial charge >= 0.3 is 6.03 Å². The van der Waals surface area contributed by atoms with Gasteiger partial charge in [-0.15, -0.1) is 17.5 Å². The molecular formula is C18H26ClN7O2. The number of nitrogens with zero attached hydrogens (tertiary/aromatic N) is 3. The Kier molecular flexibility index (Phi) is 7.36. The molecule has 0 bridgehead atoms. The number of carbonyl (C=O) groups excluding carboxylic acids is 2. The molecule has 2 aromatic rings. The van der Waals surface area contributed by atoms with Crippen molar-refractivity contribution in [2.24, 2.45) is 0 Å². The maximum atomic E-state index is 12.1. The highest BCUT2D eigenvalue weighted by Gasteiger charge is 2.30. The number of hydrogen-bond acceptors (Lipinski definition) is 5. The fraction of sp³-hybridized carbons (Fsp3) is 0.444. The van der Waals surface area contributed by atoms with Crippen molar-refractivity contribution in [2.45, 2.75) is 38.9 Å². The standard InChI is InChI=1S/C18H25N7O2.ClH/c1-11-4-5-12(2)15(6-11)22-18(27)21-8-13-10-25(24-23-13)14-7-16(20-9-14)17(26)19-3;/h4-6,10,14,16,20H,7-9H2,1-3H3,(H,19,26)(H2,21,22,27);1H/t14-,16-;/m0./s1. The fourth-order valence-corrected chi connectivity index (χ4v) is 3.07. The summed E-state index contributed by atoms with van der Waals surface area (Å²) in [5.41, 5.74) is 3.53. The van der Waals surface area contributed by atoms with E-state index in [2.05, 4.69) is 31.6 Å². The summed E-state index contributed by atoms with van der Waals surface area (Å²) in [6.07, 6.45) is 2.46. The zero-order chi connectivity index (χ0) is 19.4. The highest BCUT2D eigenvalue weighted by Crippen LogP contribution is 2.19. The smallest absolute Gasteiger partial charge is 0.319 e. The van der Waals surface area contributed by atoms with Gasteiger partial charge in [0, 0.05) is 19.3 Å². The Morgan fingerprint density at radius 3 is 2.86 bits per heavy atom. The number of urea groups is 1. The number of benzene rings is 1. The molecule has 1 saturated heterocycles. The predicted molar refractivity (Wildman–Crippen MR) is 109 cm³/mol. The van der Waals surface area contributed by atoms with E-state index >= 15 is 0 Å². The predicted octanol–water partition coefficient (Wildman–Crippen LogP) is 1.29. The Balaban J connectivity index is 0.00000280. The molecule has 1 aromatic carbocycles. The van der Waals surface area contributed by atoms with Crippen molar-refractivity contribution in [3.05, 3.63) is 41.2 Å². The summed E-state index contributed by atoms with van der Waals surface area (Å²) in [6, 6.07) is 5.47. The first-order chi connectivity index (χ1) is 13.0. The fourth-order valence-electron chi connectivity index (χ4n) is 3.07. The average Bonchev–Trinajstić information content (AvgIpc) is 3.31. The number of amides is 3. The lowest BCUT2D eigenvalue weighted by Crippen LogP contribution is -2.38. The van der Waals surface area contributed by atoms with Crippen LogP contribution in [0.3, 0.4) is 0 Å². The van der Waals surface area contributed by atoms with Gasteiger partial charge in [-0.1, -0.05) is 17.3 Å². The molecule has 10 heteroatoms. The number of halogens is 1. The van der Waals surface area contributed by atoms with Gasteiger partial charge in [-0.05, 0) is 37.5 Å². The van der Waals surface area contributed by atoms with Gasteiger partial charge in [0.1, 0.15) is 5.69 Å². The Morgan fingerprint density at radius 1 is 1.32 bits per heavy atom. The molecule has 28 heavy (non-hydrogen) atoms. The van der Waals surface area contributed by atoms with Gasteiger partial charge in [0.2, 0.25) is 5.91 Å². The van der Waals surface area contributed by atoms with E-state index in [1.165, 1.54) is 0 Å². The molecule has 0 saturated carbocycles. The van der Waals surface area contributed by atoms with Crippen molar-refractivity contribution in [3.8, 4) is 0 Å². The Morgan fingerprint density at radius 2 is 2.11 bits per heavy atom. The zero-order valence-corrected chi connectivity index (χ0v) is 17.0. The van der Waals surface area contributed by atoms with Gasteiger partial charge in [-0.3, -0.25) is 4.79 Å². The number of aromatic nitrogens is 3. The van der Waals surface area contributed by atoms with Gasteiger partial charge < -0.3 is 21.3 Å². The van der Waals surface area contributed by atoms with E-state index < -0.39 is 0 Å². The molecule has 3 amide bonds. The Labute approximate surface area is 170 Å². The number of anilines is 1. The monoisotopic (exact) mass is 407 g/mol. The van der Waals surface area contributed by atoms with Crippen LogP contribution in [-0.2, 0) is 11.3 Å². The lowest BCUT2D eigenvalue weighted by Gasteiger charge is -2.10. The molecule has 1 aliphatic heterocycles. The normalized spacial score (nSPS) is 18.2. The number of aryl methyl sites for hydroxylation is 2. The Bertz CT molecular complexity index is 839. The highest BCUT2D eigenvalue weighted by atomic mass is 35.5. The van der Waals surface area contributed by atoms with Crippen LogP contribution in [0.15, 0.2) is 24.4 Å². The highest BCUT2D eigenvalue weighted by molar-refractivity contribution is 5.90. The Hall–Kier alpha value is -2.65. The molecule has 152 valence electrons. The summed E-state index contributed by atoms with van der Waals surface area (Å²) in [4.78, 5) is 23.8. The molecular weight excluding hydrogens is 382 g/mol. The second kappa shape index (κ2) is 9.52. The summed E-state index contributed by atoms with van der Waals surface area (Å²) in [7, 11) is 1.62. The van der Waals surface area contributed by atoms with Crippen molar-refractivity contribution < 1.29 is 9.59 Å². The molecule has 0 aliphatic carbocycles. The molecule has 0 spiro atoms. The first-order valence-corrected chi connectivity index (χ1v) is 8.94. The van der Waals surface area contributed by atoms with Crippen LogP contribution in [0.2, 0.25) is 0 Å². The minimum Gasteiger partial charge on any atom is -0.358 e. The largest absolute Gasteiger partial charge is 0.358 e. The molecule has 2 heterocycles. The lowest BCUT2D eigenvalue weighted by molar-refractivity contribution is -0.122. The van der Waals surface area contributed by atoms with E-state index in [-0.39, 0.29) is 43.0 Å². The van der Waals surface area contributed by atoms with Crippen LogP contribution in [0.25, 0.3) is 0 Å². The van der Waals surface area contributed by atoms with Crippen molar-refractivity contribution in [2.75, 3.05) is 18.9 Å². The van der Waals surface area contributed by atoms with Crippen LogP contribution in [0.4, 0.5) is 10.5 Å². The number of nitrogens with one attached hydrogen (secondary N) is 4. The third-order valence-electron chi connectivity index (χ3n) is 4.67. The quantitative estimate of drug-likeness (QED) is 0.596. The van der Waals surface area contributed by atoms with Crippen LogP contribution < -0.4 is 21.3 Å². The van der Waals surface area contributed by atoms with E-state index in [1.807, 2.05) is 32.0 Å². The molecule has 1 fully saturated rings.